The summed E-state index contributed by atoms with van der Waals surface area (Å²) in [6, 6.07) is 6.64. The van der Waals surface area contributed by atoms with Crippen molar-refractivity contribution in [2.45, 2.75) is 41.0 Å². The second kappa shape index (κ2) is 4.30. The molecule has 0 unspecified atom stereocenters. The molecular weight excluding hydrogens is 144 g/mol. The summed E-state index contributed by atoms with van der Waals surface area (Å²) in [6.45, 7) is 8.80. The van der Waals surface area contributed by atoms with Gasteiger partial charge >= 0.3 is 0 Å². The summed E-state index contributed by atoms with van der Waals surface area (Å²) in [6.07, 6.45) is 0. The van der Waals surface area contributed by atoms with Crippen LogP contribution in [-0.4, -0.2) is 0 Å². The molecule has 1 rings (SSSR count). The van der Waals surface area contributed by atoms with Crippen LogP contribution in [0, 0.1) is 13.8 Å². The lowest BCUT2D eigenvalue weighted by molar-refractivity contribution is 0.854. The van der Waals surface area contributed by atoms with Gasteiger partial charge in [0.25, 0.3) is 0 Å². The van der Waals surface area contributed by atoms with Gasteiger partial charge in [-0.15, -0.1) is 0 Å². The standard InChI is InChI=1S/C11H16.CH4/c1-8(2)11-7-9(3)5-6-10(11)4;/h5-8H,1-4H3;1H4. The summed E-state index contributed by atoms with van der Waals surface area (Å²) in [5, 5.41) is 0. The van der Waals surface area contributed by atoms with Crippen LogP contribution in [0.4, 0.5) is 0 Å². The van der Waals surface area contributed by atoms with Crippen LogP contribution in [0.3, 0.4) is 0 Å². The van der Waals surface area contributed by atoms with Gasteiger partial charge in [0.15, 0.2) is 0 Å². The van der Waals surface area contributed by atoms with Gasteiger partial charge in [0.1, 0.15) is 0 Å². The molecule has 0 N–H and O–H groups in total. The first kappa shape index (κ1) is 11.2. The van der Waals surface area contributed by atoms with Crippen molar-refractivity contribution in [1.29, 1.82) is 0 Å². The summed E-state index contributed by atoms with van der Waals surface area (Å²) in [4.78, 5) is 0. The summed E-state index contributed by atoms with van der Waals surface area (Å²) in [5.41, 5.74) is 4.25. The van der Waals surface area contributed by atoms with Crippen molar-refractivity contribution in [3.8, 4) is 0 Å². The molecule has 0 bridgehead atoms. The molecule has 1 aromatic carbocycles. The van der Waals surface area contributed by atoms with Crippen LogP contribution < -0.4 is 0 Å². The molecule has 0 saturated heterocycles. The lowest BCUT2D eigenvalue weighted by Gasteiger charge is -2.09. The smallest absolute Gasteiger partial charge is 0.0216 e. The zero-order valence-corrected chi connectivity index (χ0v) is 7.81. The van der Waals surface area contributed by atoms with E-state index in [0.29, 0.717) is 5.92 Å². The second-order valence-corrected chi connectivity index (χ2v) is 3.51. The summed E-state index contributed by atoms with van der Waals surface area (Å²) >= 11 is 0. The van der Waals surface area contributed by atoms with E-state index >= 15 is 0 Å². The van der Waals surface area contributed by atoms with Gasteiger partial charge in [-0.2, -0.15) is 0 Å². The highest BCUT2D eigenvalue weighted by Crippen LogP contribution is 2.19. The zero-order valence-electron chi connectivity index (χ0n) is 7.81. The maximum absolute atomic E-state index is 2.28. The summed E-state index contributed by atoms with van der Waals surface area (Å²) < 4.78 is 0. The molecule has 0 heteroatoms. The third kappa shape index (κ3) is 2.37. The van der Waals surface area contributed by atoms with Gasteiger partial charge in [-0.25, -0.2) is 0 Å². The van der Waals surface area contributed by atoms with Crippen molar-refractivity contribution in [1.82, 2.24) is 0 Å². The first-order chi connectivity index (χ1) is 5.11. The lowest BCUT2D eigenvalue weighted by Crippen LogP contribution is -1.91. The largest absolute Gasteiger partial charge is 0.0776 e. The molecule has 0 spiro atoms. The minimum absolute atomic E-state index is 0. The minimum atomic E-state index is 0. The third-order valence-electron chi connectivity index (χ3n) is 2.06. The Labute approximate surface area is 76.6 Å². The molecule has 0 aliphatic carbocycles. The second-order valence-electron chi connectivity index (χ2n) is 3.51. The van der Waals surface area contributed by atoms with Crippen LogP contribution in [0.1, 0.15) is 43.9 Å². The van der Waals surface area contributed by atoms with Gasteiger partial charge in [-0.05, 0) is 30.9 Å². The summed E-state index contributed by atoms with van der Waals surface area (Å²) in [5.74, 6) is 0.648. The van der Waals surface area contributed by atoms with Crippen LogP contribution >= 0.6 is 0 Å². The number of hydrogen-bond donors (Lipinski definition) is 0. The monoisotopic (exact) mass is 164 g/mol. The highest BCUT2D eigenvalue weighted by molar-refractivity contribution is 5.32. The van der Waals surface area contributed by atoms with E-state index in [9.17, 15) is 0 Å². The Morgan fingerprint density at radius 1 is 1.08 bits per heavy atom. The third-order valence-corrected chi connectivity index (χ3v) is 2.06. The van der Waals surface area contributed by atoms with Crippen molar-refractivity contribution in [2.75, 3.05) is 0 Å². The molecule has 1 aromatic rings. The van der Waals surface area contributed by atoms with Crippen LogP contribution in [0.5, 0.6) is 0 Å². The molecule has 0 aliphatic rings. The van der Waals surface area contributed by atoms with Gasteiger partial charge in [0.05, 0.1) is 0 Å². The van der Waals surface area contributed by atoms with Gasteiger partial charge in [-0.3, -0.25) is 0 Å². The van der Waals surface area contributed by atoms with E-state index in [1.54, 1.807) is 0 Å². The van der Waals surface area contributed by atoms with Crippen LogP contribution in [0.2, 0.25) is 0 Å². The van der Waals surface area contributed by atoms with E-state index in [-0.39, 0.29) is 7.43 Å². The molecule has 0 heterocycles. The zero-order chi connectivity index (χ0) is 8.43. The molecular formula is C12H20. The fourth-order valence-electron chi connectivity index (χ4n) is 1.38. The Balaban J connectivity index is 0.00000121. The number of aryl methyl sites for hydroxylation is 2. The molecule has 12 heavy (non-hydrogen) atoms. The molecule has 0 aromatic heterocycles. The van der Waals surface area contributed by atoms with E-state index in [1.165, 1.54) is 16.7 Å². The maximum atomic E-state index is 2.28. The average Bonchev–Trinajstić information content (AvgIpc) is 1.94. The van der Waals surface area contributed by atoms with Crippen molar-refractivity contribution in [2.24, 2.45) is 0 Å². The minimum Gasteiger partial charge on any atom is -0.0776 e. The number of hydrogen-bond acceptors (Lipinski definition) is 0. The highest BCUT2D eigenvalue weighted by atomic mass is 14.1. The number of benzene rings is 1. The Morgan fingerprint density at radius 2 is 1.67 bits per heavy atom. The lowest BCUT2D eigenvalue weighted by atomic mass is 9.96. The van der Waals surface area contributed by atoms with Crippen LogP contribution in [0.15, 0.2) is 18.2 Å². The van der Waals surface area contributed by atoms with E-state index in [1.807, 2.05) is 0 Å². The molecule has 0 atom stereocenters. The van der Waals surface area contributed by atoms with Crippen molar-refractivity contribution in [3.63, 3.8) is 0 Å². The van der Waals surface area contributed by atoms with Crippen molar-refractivity contribution in [3.05, 3.63) is 34.9 Å². The first-order valence-corrected chi connectivity index (χ1v) is 4.18. The Bertz CT molecular complexity index is 246. The van der Waals surface area contributed by atoms with E-state index in [4.69, 9.17) is 0 Å². The van der Waals surface area contributed by atoms with Crippen molar-refractivity contribution < 1.29 is 0 Å². The van der Waals surface area contributed by atoms with E-state index < -0.39 is 0 Å². The van der Waals surface area contributed by atoms with E-state index in [0.717, 1.165) is 0 Å². The van der Waals surface area contributed by atoms with Gasteiger partial charge in [-0.1, -0.05) is 45.0 Å². The Kier molecular flexibility index (Phi) is 4.02. The predicted octanol–water partition coefficient (Wildman–Crippen LogP) is 4.06. The van der Waals surface area contributed by atoms with Gasteiger partial charge in [0, 0.05) is 0 Å². The maximum Gasteiger partial charge on any atom is -0.0216 e. The fraction of sp³-hybridized carbons (Fsp3) is 0.500. The summed E-state index contributed by atoms with van der Waals surface area (Å²) in [7, 11) is 0. The molecule has 0 amide bonds. The van der Waals surface area contributed by atoms with Gasteiger partial charge < -0.3 is 0 Å². The number of rotatable bonds is 1. The average molecular weight is 164 g/mol. The first-order valence-electron chi connectivity index (χ1n) is 4.18. The molecule has 68 valence electrons. The molecule has 0 radical (unpaired) electrons. The molecule has 0 saturated carbocycles. The molecule has 0 aliphatic heterocycles. The van der Waals surface area contributed by atoms with Crippen molar-refractivity contribution >= 4 is 0 Å². The SMILES string of the molecule is C.Cc1ccc(C)c(C(C)C)c1. The fourth-order valence-corrected chi connectivity index (χ4v) is 1.38. The Morgan fingerprint density at radius 3 is 2.08 bits per heavy atom. The molecule has 0 fully saturated rings. The van der Waals surface area contributed by atoms with Crippen LogP contribution in [-0.2, 0) is 0 Å². The Hall–Kier alpha value is -0.780. The van der Waals surface area contributed by atoms with Crippen LogP contribution in [0.25, 0.3) is 0 Å². The molecule has 0 nitrogen and oxygen atoms in total. The van der Waals surface area contributed by atoms with E-state index in [2.05, 4.69) is 45.9 Å². The highest BCUT2D eigenvalue weighted by Gasteiger charge is 2.01. The predicted molar refractivity (Wildman–Crippen MR) is 56.7 cm³/mol. The topological polar surface area (TPSA) is 0 Å². The van der Waals surface area contributed by atoms with Gasteiger partial charge in [0.2, 0.25) is 0 Å². The normalized spacial score (nSPS) is 9.75. The quantitative estimate of drug-likeness (QED) is 0.587.